The molecular weight excluding hydrogens is 358 g/mol. The molecule has 7 heteroatoms. The van der Waals surface area contributed by atoms with Crippen LogP contribution in [0.1, 0.15) is 38.7 Å². The average molecular weight is 384 g/mol. The van der Waals surface area contributed by atoms with Crippen molar-refractivity contribution < 1.29 is 9.53 Å². The summed E-state index contributed by atoms with van der Waals surface area (Å²) < 4.78 is 5.45. The number of aryl methyl sites for hydroxylation is 1. The molecule has 2 rings (SSSR count). The minimum absolute atomic E-state index is 0.143. The molecule has 0 spiro atoms. The van der Waals surface area contributed by atoms with Crippen LogP contribution in [0, 0.1) is 18.8 Å². The number of thiocarbonyl (C=S) groups is 1. The number of amides is 1. The van der Waals surface area contributed by atoms with Crippen molar-refractivity contribution in [2.45, 2.75) is 46.1 Å². The molecule has 3 N–H and O–H groups in total. The van der Waals surface area contributed by atoms with Gasteiger partial charge in [0.25, 0.3) is 5.91 Å². The van der Waals surface area contributed by atoms with Gasteiger partial charge in [0.2, 0.25) is 0 Å². The van der Waals surface area contributed by atoms with Gasteiger partial charge in [0.15, 0.2) is 11.7 Å². The topological polar surface area (TPSA) is 62.4 Å². The van der Waals surface area contributed by atoms with Gasteiger partial charge in [-0.2, -0.15) is 0 Å². The second-order valence-electron chi connectivity index (χ2n) is 6.74. The zero-order valence-corrected chi connectivity index (χ0v) is 16.5. The van der Waals surface area contributed by atoms with E-state index < -0.39 is 0 Å². The summed E-state index contributed by atoms with van der Waals surface area (Å²) in [4.78, 5) is 11.9. The SMILES string of the molecule is Cc1ccc(Cl)c(OCC(=O)NNC(=S)N[C@@H]2CCC[C@H](C)[C@@H]2C)c1. The Morgan fingerprint density at radius 2 is 2.08 bits per heavy atom. The molecule has 0 aromatic heterocycles. The highest BCUT2D eigenvalue weighted by Crippen LogP contribution is 2.29. The quantitative estimate of drug-likeness (QED) is 0.549. The summed E-state index contributed by atoms with van der Waals surface area (Å²) in [7, 11) is 0. The molecule has 0 bridgehead atoms. The highest BCUT2D eigenvalue weighted by Gasteiger charge is 2.27. The number of carbonyl (C=O) groups excluding carboxylic acids is 1. The fourth-order valence-corrected chi connectivity index (χ4v) is 3.39. The number of rotatable bonds is 4. The first-order valence-corrected chi connectivity index (χ1v) is 9.39. The van der Waals surface area contributed by atoms with Gasteiger partial charge in [-0.25, -0.2) is 0 Å². The summed E-state index contributed by atoms with van der Waals surface area (Å²) in [6.07, 6.45) is 3.55. The monoisotopic (exact) mass is 383 g/mol. The van der Waals surface area contributed by atoms with E-state index in [2.05, 4.69) is 30.0 Å². The second kappa shape index (κ2) is 9.25. The van der Waals surface area contributed by atoms with E-state index in [4.69, 9.17) is 28.6 Å². The number of benzene rings is 1. The fraction of sp³-hybridized carbons (Fsp3) is 0.556. The predicted molar refractivity (Wildman–Crippen MR) is 105 cm³/mol. The summed E-state index contributed by atoms with van der Waals surface area (Å²) >= 11 is 11.3. The largest absolute Gasteiger partial charge is 0.482 e. The third-order valence-corrected chi connectivity index (χ3v) is 5.32. The zero-order chi connectivity index (χ0) is 18.4. The van der Waals surface area contributed by atoms with Crippen molar-refractivity contribution in [3.8, 4) is 5.75 Å². The van der Waals surface area contributed by atoms with Crippen molar-refractivity contribution in [2.24, 2.45) is 11.8 Å². The second-order valence-corrected chi connectivity index (χ2v) is 7.56. The molecule has 0 heterocycles. The molecule has 0 unspecified atom stereocenters. The van der Waals surface area contributed by atoms with Crippen molar-refractivity contribution in [3.63, 3.8) is 0 Å². The number of ether oxygens (including phenoxy) is 1. The van der Waals surface area contributed by atoms with Crippen molar-refractivity contribution in [3.05, 3.63) is 28.8 Å². The van der Waals surface area contributed by atoms with E-state index in [9.17, 15) is 4.79 Å². The molecule has 1 amide bonds. The Labute approximate surface area is 159 Å². The van der Waals surface area contributed by atoms with Crippen molar-refractivity contribution in [1.82, 2.24) is 16.2 Å². The lowest BCUT2D eigenvalue weighted by Gasteiger charge is -2.35. The van der Waals surface area contributed by atoms with E-state index in [0.29, 0.717) is 33.8 Å². The van der Waals surface area contributed by atoms with E-state index in [0.717, 1.165) is 12.0 Å². The van der Waals surface area contributed by atoms with Gasteiger partial charge in [-0.15, -0.1) is 0 Å². The lowest BCUT2D eigenvalue weighted by atomic mass is 9.78. The van der Waals surface area contributed by atoms with Crippen LogP contribution < -0.4 is 20.9 Å². The smallest absolute Gasteiger partial charge is 0.276 e. The number of halogens is 1. The third kappa shape index (κ3) is 6.04. The van der Waals surface area contributed by atoms with Gasteiger partial charge in [0.1, 0.15) is 5.75 Å². The average Bonchev–Trinajstić information content (AvgIpc) is 2.58. The molecule has 1 aromatic carbocycles. The van der Waals surface area contributed by atoms with E-state index >= 15 is 0 Å². The van der Waals surface area contributed by atoms with Crippen LogP contribution in [0.15, 0.2) is 18.2 Å². The summed E-state index contributed by atoms with van der Waals surface area (Å²) in [5.41, 5.74) is 6.29. The van der Waals surface area contributed by atoms with E-state index in [1.165, 1.54) is 12.8 Å². The van der Waals surface area contributed by atoms with Crippen LogP contribution in [-0.4, -0.2) is 23.7 Å². The van der Waals surface area contributed by atoms with Crippen LogP contribution in [0.4, 0.5) is 0 Å². The van der Waals surface area contributed by atoms with Gasteiger partial charge >= 0.3 is 0 Å². The lowest BCUT2D eigenvalue weighted by Crippen LogP contribution is -2.53. The van der Waals surface area contributed by atoms with E-state index in [1.807, 2.05) is 13.0 Å². The van der Waals surface area contributed by atoms with Gasteiger partial charge in [-0.1, -0.05) is 44.4 Å². The zero-order valence-electron chi connectivity index (χ0n) is 14.9. The standard InChI is InChI=1S/C18H26ClN3O2S/c1-11-7-8-14(19)16(9-11)24-10-17(23)21-22-18(25)20-15-6-4-5-12(2)13(15)3/h7-9,12-13,15H,4-6,10H2,1-3H3,(H,21,23)(H2,20,22,25)/t12-,13-,15+/m0/s1. The van der Waals surface area contributed by atoms with Crippen LogP contribution in [0.25, 0.3) is 0 Å². The molecule has 138 valence electrons. The summed E-state index contributed by atoms with van der Waals surface area (Å²) in [5, 5.41) is 4.19. The molecule has 3 atom stereocenters. The maximum Gasteiger partial charge on any atom is 0.276 e. The van der Waals surface area contributed by atoms with Crippen LogP contribution in [-0.2, 0) is 4.79 Å². The maximum absolute atomic E-state index is 11.9. The fourth-order valence-electron chi connectivity index (χ4n) is 3.02. The number of hydrogen-bond donors (Lipinski definition) is 3. The maximum atomic E-state index is 11.9. The Morgan fingerprint density at radius 3 is 2.84 bits per heavy atom. The Balaban J connectivity index is 1.72. The Kier molecular flexibility index (Phi) is 7.32. The normalized spacial score (nSPS) is 22.8. The first kappa shape index (κ1) is 19.8. The molecule has 0 radical (unpaired) electrons. The van der Waals surface area contributed by atoms with Crippen LogP contribution >= 0.6 is 23.8 Å². The molecule has 25 heavy (non-hydrogen) atoms. The number of hydrazine groups is 1. The minimum Gasteiger partial charge on any atom is -0.482 e. The summed E-state index contributed by atoms with van der Waals surface area (Å²) in [5.74, 6) is 1.39. The van der Waals surface area contributed by atoms with Crippen LogP contribution in [0.3, 0.4) is 0 Å². The third-order valence-electron chi connectivity index (χ3n) is 4.78. The molecule has 0 aliphatic heterocycles. The van der Waals surface area contributed by atoms with Gasteiger partial charge < -0.3 is 10.1 Å². The molecule has 1 aliphatic rings. The van der Waals surface area contributed by atoms with Crippen molar-refractivity contribution in [2.75, 3.05) is 6.61 Å². The number of hydrogen-bond acceptors (Lipinski definition) is 3. The summed E-state index contributed by atoms with van der Waals surface area (Å²) in [6.45, 7) is 6.30. The first-order chi connectivity index (χ1) is 11.9. The highest BCUT2D eigenvalue weighted by molar-refractivity contribution is 7.80. The van der Waals surface area contributed by atoms with Crippen LogP contribution in [0.5, 0.6) is 5.75 Å². The van der Waals surface area contributed by atoms with E-state index in [1.54, 1.807) is 12.1 Å². The molecule has 1 fully saturated rings. The molecular formula is C18H26ClN3O2S. The Morgan fingerprint density at radius 1 is 1.32 bits per heavy atom. The van der Waals surface area contributed by atoms with Gasteiger partial charge in [0.05, 0.1) is 5.02 Å². The Bertz CT molecular complexity index is 626. The number of nitrogens with one attached hydrogen (secondary N) is 3. The summed E-state index contributed by atoms with van der Waals surface area (Å²) in [6, 6.07) is 5.76. The van der Waals surface area contributed by atoms with Gasteiger partial charge in [-0.3, -0.25) is 15.6 Å². The van der Waals surface area contributed by atoms with Gasteiger partial charge in [-0.05, 0) is 55.1 Å². The highest BCUT2D eigenvalue weighted by atomic mass is 35.5. The van der Waals surface area contributed by atoms with Crippen molar-refractivity contribution in [1.29, 1.82) is 0 Å². The molecule has 0 saturated heterocycles. The first-order valence-electron chi connectivity index (χ1n) is 8.61. The van der Waals surface area contributed by atoms with Crippen molar-refractivity contribution >= 4 is 34.8 Å². The lowest BCUT2D eigenvalue weighted by molar-refractivity contribution is -0.123. The Hall–Kier alpha value is -1.53. The van der Waals surface area contributed by atoms with E-state index in [-0.39, 0.29) is 12.5 Å². The molecule has 1 aromatic rings. The molecule has 1 aliphatic carbocycles. The van der Waals surface area contributed by atoms with Crippen LogP contribution in [0.2, 0.25) is 5.02 Å². The molecule has 1 saturated carbocycles. The minimum atomic E-state index is -0.327. The van der Waals surface area contributed by atoms with Gasteiger partial charge in [0, 0.05) is 6.04 Å². The molecule has 5 nitrogen and oxygen atoms in total. The number of carbonyl (C=O) groups is 1. The predicted octanol–water partition coefficient (Wildman–Crippen LogP) is 3.35.